The van der Waals surface area contributed by atoms with Crippen LogP contribution < -0.4 is 0 Å². The van der Waals surface area contributed by atoms with E-state index in [4.69, 9.17) is 0 Å². The van der Waals surface area contributed by atoms with Crippen molar-refractivity contribution in [1.29, 1.82) is 0 Å². The van der Waals surface area contributed by atoms with Crippen LogP contribution in [0.15, 0.2) is 24.3 Å². The van der Waals surface area contributed by atoms with E-state index in [1.807, 2.05) is 24.3 Å². The molecule has 0 radical (unpaired) electrons. The first-order valence-corrected chi connectivity index (χ1v) is 6.23. The number of hydrogen-bond acceptors (Lipinski definition) is 2. The van der Waals surface area contributed by atoms with Crippen LogP contribution in [-0.4, -0.2) is 16.5 Å². The molecule has 0 aromatic carbocycles. The number of allylic oxidation sites excluding steroid dienone is 2. The van der Waals surface area contributed by atoms with Gasteiger partial charge in [-0.3, -0.25) is 4.79 Å². The van der Waals surface area contributed by atoms with Crippen molar-refractivity contribution in [2.45, 2.75) is 44.6 Å². The average molecular weight is 220 g/mol. The smallest absolute Gasteiger partial charge is 0.139 e. The van der Waals surface area contributed by atoms with E-state index in [0.717, 1.165) is 12.8 Å². The van der Waals surface area contributed by atoms with E-state index in [2.05, 4.69) is 0 Å². The summed E-state index contributed by atoms with van der Waals surface area (Å²) in [5, 5.41) is 10.8. The Morgan fingerprint density at radius 2 is 1.94 bits per heavy atom. The quantitative estimate of drug-likeness (QED) is 0.776. The number of carbonyl (C=O) groups excluding carboxylic acids is 1. The zero-order chi connectivity index (χ0) is 11.6. The fourth-order valence-corrected chi connectivity index (χ4v) is 3.06. The number of Topliss-reactive ketones (excluding diaryl/α,β-unsaturated/α-hetero) is 1. The Hall–Kier alpha value is -0.890. The molecule has 2 atom stereocenters. The Labute approximate surface area is 97.0 Å². The van der Waals surface area contributed by atoms with Gasteiger partial charge in [-0.25, -0.2) is 0 Å². The molecule has 1 saturated carbocycles. The van der Waals surface area contributed by atoms with Gasteiger partial charge < -0.3 is 5.11 Å². The van der Waals surface area contributed by atoms with Crippen molar-refractivity contribution in [3.05, 3.63) is 24.3 Å². The third kappa shape index (κ3) is 1.99. The molecule has 2 aliphatic rings. The predicted molar refractivity (Wildman–Crippen MR) is 64.0 cm³/mol. The second-order valence-electron chi connectivity index (χ2n) is 5.05. The maximum Gasteiger partial charge on any atom is 0.139 e. The van der Waals surface area contributed by atoms with Crippen molar-refractivity contribution in [1.82, 2.24) is 0 Å². The van der Waals surface area contributed by atoms with Crippen LogP contribution in [0.3, 0.4) is 0 Å². The lowest BCUT2D eigenvalue weighted by molar-refractivity contribution is -0.128. The lowest BCUT2D eigenvalue weighted by atomic mass is 9.68. The van der Waals surface area contributed by atoms with E-state index in [1.165, 1.54) is 19.3 Å². The van der Waals surface area contributed by atoms with Crippen LogP contribution in [0.1, 0.15) is 39.0 Å². The molecular weight excluding hydrogens is 200 g/mol. The zero-order valence-electron chi connectivity index (χ0n) is 9.86. The molecule has 16 heavy (non-hydrogen) atoms. The molecular formula is C14H20O2. The van der Waals surface area contributed by atoms with Crippen LogP contribution in [0.25, 0.3) is 0 Å². The Kier molecular flexibility index (Phi) is 3.29. The lowest BCUT2D eigenvalue weighted by Crippen LogP contribution is -2.47. The first kappa shape index (κ1) is 11.6. The molecule has 2 nitrogen and oxygen atoms in total. The largest absolute Gasteiger partial charge is 0.384 e. The second-order valence-corrected chi connectivity index (χ2v) is 5.05. The lowest BCUT2D eigenvalue weighted by Gasteiger charge is -2.41. The van der Waals surface area contributed by atoms with Crippen LogP contribution in [-0.2, 0) is 4.79 Å². The van der Waals surface area contributed by atoms with Crippen LogP contribution in [0, 0.1) is 11.8 Å². The van der Waals surface area contributed by atoms with Gasteiger partial charge in [0, 0.05) is 0 Å². The van der Waals surface area contributed by atoms with E-state index >= 15 is 0 Å². The average Bonchev–Trinajstić information content (AvgIpc) is 2.30. The minimum absolute atomic E-state index is 0.0636. The molecule has 0 heterocycles. The molecule has 2 unspecified atom stereocenters. The molecule has 0 spiro atoms. The highest BCUT2D eigenvalue weighted by molar-refractivity contribution is 5.82. The second kappa shape index (κ2) is 4.54. The van der Waals surface area contributed by atoms with Crippen LogP contribution in [0.4, 0.5) is 0 Å². The summed E-state index contributed by atoms with van der Waals surface area (Å²) in [6.45, 7) is 1.57. The first-order valence-electron chi connectivity index (χ1n) is 6.23. The molecule has 88 valence electrons. The molecule has 2 aliphatic carbocycles. The van der Waals surface area contributed by atoms with Gasteiger partial charge in [-0.15, -0.1) is 0 Å². The van der Waals surface area contributed by atoms with Gasteiger partial charge in [0.15, 0.2) is 0 Å². The minimum Gasteiger partial charge on any atom is -0.384 e. The Morgan fingerprint density at radius 1 is 1.25 bits per heavy atom. The van der Waals surface area contributed by atoms with Gasteiger partial charge in [0.05, 0.1) is 11.5 Å². The maximum absolute atomic E-state index is 11.6. The summed E-state index contributed by atoms with van der Waals surface area (Å²) in [4.78, 5) is 11.6. The van der Waals surface area contributed by atoms with Crippen molar-refractivity contribution in [3.8, 4) is 0 Å². The Balaban J connectivity index is 2.22. The van der Waals surface area contributed by atoms with Gasteiger partial charge in [0.1, 0.15) is 5.78 Å². The fraction of sp³-hybridized carbons (Fsp3) is 0.643. The van der Waals surface area contributed by atoms with Gasteiger partial charge in [-0.2, -0.15) is 0 Å². The van der Waals surface area contributed by atoms with E-state index in [1.54, 1.807) is 6.92 Å². The van der Waals surface area contributed by atoms with Crippen LogP contribution in [0.2, 0.25) is 0 Å². The van der Waals surface area contributed by atoms with E-state index < -0.39 is 5.60 Å². The molecule has 0 aromatic rings. The maximum atomic E-state index is 11.6. The monoisotopic (exact) mass is 220 g/mol. The predicted octanol–water partition coefficient (Wildman–Crippen LogP) is 2.63. The first-order chi connectivity index (χ1) is 7.64. The van der Waals surface area contributed by atoms with Crippen molar-refractivity contribution >= 4 is 5.78 Å². The number of carbonyl (C=O) groups is 1. The normalized spacial score (nSPS) is 35.2. The summed E-state index contributed by atoms with van der Waals surface area (Å²) in [7, 11) is 0. The van der Waals surface area contributed by atoms with Gasteiger partial charge in [0.2, 0.25) is 0 Å². The number of hydrogen-bond donors (Lipinski definition) is 1. The topological polar surface area (TPSA) is 37.3 Å². The third-order valence-electron chi connectivity index (χ3n) is 3.97. The van der Waals surface area contributed by atoms with Crippen molar-refractivity contribution in [3.63, 3.8) is 0 Å². The molecule has 1 N–H and O–H groups in total. The standard InChI is InChI=1S/C14H20O2/c1-11(15)13-9-5-6-10-14(13,16)12-7-3-2-4-8-12/h5-6,9-10,12-13,16H,2-4,7-8H2,1H3. The highest BCUT2D eigenvalue weighted by atomic mass is 16.3. The van der Waals surface area contributed by atoms with E-state index in [9.17, 15) is 9.90 Å². The number of rotatable bonds is 2. The van der Waals surface area contributed by atoms with Gasteiger partial charge in [-0.1, -0.05) is 43.6 Å². The molecule has 0 amide bonds. The minimum atomic E-state index is -0.930. The highest BCUT2D eigenvalue weighted by Gasteiger charge is 2.43. The summed E-state index contributed by atoms with van der Waals surface area (Å²) in [5.74, 6) is -0.0365. The molecule has 0 aromatic heterocycles. The van der Waals surface area contributed by atoms with Gasteiger partial charge >= 0.3 is 0 Å². The number of ketones is 1. The Bertz CT molecular complexity index is 324. The summed E-state index contributed by atoms with van der Waals surface area (Å²) < 4.78 is 0. The highest BCUT2D eigenvalue weighted by Crippen LogP contribution is 2.40. The molecule has 0 aliphatic heterocycles. The van der Waals surface area contributed by atoms with E-state index in [0.29, 0.717) is 0 Å². The van der Waals surface area contributed by atoms with Crippen LogP contribution in [0.5, 0.6) is 0 Å². The SMILES string of the molecule is CC(=O)C1C=CC=CC1(O)C1CCCCC1. The summed E-state index contributed by atoms with van der Waals surface area (Å²) in [6.07, 6.45) is 13.1. The number of aliphatic hydroxyl groups is 1. The fourth-order valence-electron chi connectivity index (χ4n) is 3.06. The molecule has 0 saturated heterocycles. The summed E-state index contributed by atoms with van der Waals surface area (Å²) in [6, 6.07) is 0. The molecule has 2 heteroatoms. The molecule has 0 bridgehead atoms. The third-order valence-corrected chi connectivity index (χ3v) is 3.97. The van der Waals surface area contributed by atoms with Crippen molar-refractivity contribution in [2.75, 3.05) is 0 Å². The van der Waals surface area contributed by atoms with Gasteiger partial charge in [-0.05, 0) is 25.7 Å². The summed E-state index contributed by atoms with van der Waals surface area (Å²) in [5.41, 5.74) is -0.930. The van der Waals surface area contributed by atoms with E-state index in [-0.39, 0.29) is 17.6 Å². The molecule has 1 fully saturated rings. The molecule has 2 rings (SSSR count). The van der Waals surface area contributed by atoms with Crippen molar-refractivity contribution in [2.24, 2.45) is 11.8 Å². The summed E-state index contributed by atoms with van der Waals surface area (Å²) >= 11 is 0. The van der Waals surface area contributed by atoms with Crippen LogP contribution >= 0.6 is 0 Å². The zero-order valence-corrected chi connectivity index (χ0v) is 9.86. The van der Waals surface area contributed by atoms with Gasteiger partial charge in [0.25, 0.3) is 0 Å². The van der Waals surface area contributed by atoms with Crippen molar-refractivity contribution < 1.29 is 9.90 Å². The Morgan fingerprint density at radius 3 is 2.56 bits per heavy atom.